The average molecular weight is 318 g/mol. The molecule has 5 nitrogen and oxygen atoms in total. The number of aromatic hydroxyl groups is 1. The number of phenols is 1. The fraction of sp³-hybridized carbons (Fsp3) is 0.417. The first-order valence-corrected chi connectivity index (χ1v) is 6.60. The van der Waals surface area contributed by atoms with Gasteiger partial charge in [0.15, 0.2) is 11.5 Å². The van der Waals surface area contributed by atoms with Crippen molar-refractivity contribution in [1.29, 1.82) is 0 Å². The first-order valence-electron chi connectivity index (χ1n) is 5.48. The van der Waals surface area contributed by atoms with Crippen molar-refractivity contribution in [3.63, 3.8) is 0 Å². The van der Waals surface area contributed by atoms with Gasteiger partial charge in [-0.2, -0.15) is 0 Å². The summed E-state index contributed by atoms with van der Waals surface area (Å²) in [4.78, 5) is 11.7. The van der Waals surface area contributed by atoms with E-state index in [1.165, 1.54) is 13.2 Å². The van der Waals surface area contributed by atoms with Crippen molar-refractivity contribution in [2.45, 2.75) is 0 Å². The number of methoxy groups -OCH3 is 1. The normalized spacial score (nSPS) is 10.1. The van der Waals surface area contributed by atoms with Crippen LogP contribution in [0.25, 0.3) is 0 Å². The Kier molecular flexibility index (Phi) is 6.53. The van der Waals surface area contributed by atoms with Gasteiger partial charge in [-0.05, 0) is 18.2 Å². The van der Waals surface area contributed by atoms with Crippen LogP contribution in [0.1, 0.15) is 10.4 Å². The quantitative estimate of drug-likeness (QED) is 0.591. The van der Waals surface area contributed by atoms with Gasteiger partial charge >= 0.3 is 0 Å². The number of hydrogen-bond donors (Lipinski definition) is 2. The van der Waals surface area contributed by atoms with Crippen molar-refractivity contribution < 1.29 is 19.4 Å². The van der Waals surface area contributed by atoms with Crippen LogP contribution < -0.4 is 10.1 Å². The second kappa shape index (κ2) is 7.94. The van der Waals surface area contributed by atoms with Gasteiger partial charge < -0.3 is 19.9 Å². The van der Waals surface area contributed by atoms with Crippen LogP contribution >= 0.6 is 15.9 Å². The number of amides is 1. The van der Waals surface area contributed by atoms with E-state index in [1.807, 2.05) is 0 Å². The largest absolute Gasteiger partial charge is 0.504 e. The van der Waals surface area contributed by atoms with Crippen molar-refractivity contribution >= 4 is 21.8 Å². The second-order valence-electron chi connectivity index (χ2n) is 3.44. The number of halogens is 1. The van der Waals surface area contributed by atoms with Crippen LogP contribution in [0.2, 0.25) is 0 Å². The highest BCUT2D eigenvalue weighted by Gasteiger charge is 2.08. The number of carbonyl (C=O) groups is 1. The molecule has 1 aromatic rings. The molecule has 100 valence electrons. The fourth-order valence-corrected chi connectivity index (χ4v) is 1.56. The molecule has 2 N–H and O–H groups in total. The molecule has 1 aromatic carbocycles. The van der Waals surface area contributed by atoms with Crippen LogP contribution in [-0.4, -0.2) is 43.2 Å². The Bertz CT molecular complexity index is 398. The van der Waals surface area contributed by atoms with Gasteiger partial charge in [-0.15, -0.1) is 0 Å². The SMILES string of the molecule is COc1ccc(C(=O)NCCOCCBr)cc1O. The molecule has 0 radical (unpaired) electrons. The Balaban J connectivity index is 2.44. The molecule has 0 aromatic heterocycles. The number of carbonyl (C=O) groups excluding carboxylic acids is 1. The summed E-state index contributed by atoms with van der Waals surface area (Å²) in [5.74, 6) is 0.0308. The highest BCUT2D eigenvalue weighted by molar-refractivity contribution is 9.09. The minimum atomic E-state index is -0.254. The zero-order valence-corrected chi connectivity index (χ0v) is 11.7. The van der Waals surface area contributed by atoms with Crippen molar-refractivity contribution in [2.75, 3.05) is 32.2 Å². The summed E-state index contributed by atoms with van der Waals surface area (Å²) in [5.41, 5.74) is 0.383. The summed E-state index contributed by atoms with van der Waals surface area (Å²) in [7, 11) is 1.45. The molecule has 0 atom stereocenters. The lowest BCUT2D eigenvalue weighted by atomic mass is 10.2. The fourth-order valence-electron chi connectivity index (χ4n) is 1.33. The molecule has 0 spiro atoms. The predicted molar refractivity (Wildman–Crippen MR) is 71.6 cm³/mol. The molecule has 0 aliphatic rings. The third-order valence-electron chi connectivity index (χ3n) is 2.19. The van der Waals surface area contributed by atoms with Crippen LogP contribution in [0, 0.1) is 0 Å². The second-order valence-corrected chi connectivity index (χ2v) is 4.24. The van der Waals surface area contributed by atoms with E-state index < -0.39 is 0 Å². The summed E-state index contributed by atoms with van der Waals surface area (Å²) < 4.78 is 10.1. The first-order chi connectivity index (χ1) is 8.69. The molecule has 6 heteroatoms. The van der Waals surface area contributed by atoms with Crippen LogP contribution in [-0.2, 0) is 4.74 Å². The maximum Gasteiger partial charge on any atom is 0.251 e. The third-order valence-corrected chi connectivity index (χ3v) is 2.52. The average Bonchev–Trinajstić information content (AvgIpc) is 2.38. The molecule has 1 rings (SSSR count). The molecule has 0 aliphatic heterocycles. The van der Waals surface area contributed by atoms with E-state index in [4.69, 9.17) is 9.47 Å². The maximum atomic E-state index is 11.7. The van der Waals surface area contributed by atoms with Crippen LogP contribution in [0.5, 0.6) is 11.5 Å². The number of alkyl halides is 1. The minimum Gasteiger partial charge on any atom is -0.504 e. The van der Waals surface area contributed by atoms with Gasteiger partial charge in [0.25, 0.3) is 5.91 Å². The summed E-state index contributed by atoms with van der Waals surface area (Å²) in [6.07, 6.45) is 0. The monoisotopic (exact) mass is 317 g/mol. The number of benzene rings is 1. The summed E-state index contributed by atoms with van der Waals surface area (Å²) in [6, 6.07) is 4.51. The van der Waals surface area contributed by atoms with Crippen molar-refractivity contribution in [1.82, 2.24) is 5.32 Å². The number of hydrogen-bond acceptors (Lipinski definition) is 4. The molecule has 1 amide bonds. The van der Waals surface area contributed by atoms with Gasteiger partial charge in [0.2, 0.25) is 0 Å². The Morgan fingerprint density at radius 1 is 1.44 bits per heavy atom. The van der Waals surface area contributed by atoms with Gasteiger partial charge in [-0.3, -0.25) is 4.79 Å². The van der Waals surface area contributed by atoms with E-state index in [0.29, 0.717) is 31.1 Å². The number of phenolic OH excluding ortho intramolecular Hbond substituents is 1. The lowest BCUT2D eigenvalue weighted by Crippen LogP contribution is -2.27. The highest BCUT2D eigenvalue weighted by Crippen LogP contribution is 2.25. The molecule has 18 heavy (non-hydrogen) atoms. The van der Waals surface area contributed by atoms with Crippen LogP contribution in [0.15, 0.2) is 18.2 Å². The van der Waals surface area contributed by atoms with E-state index in [2.05, 4.69) is 21.2 Å². The van der Waals surface area contributed by atoms with Gasteiger partial charge in [0, 0.05) is 17.4 Å². The Labute approximate surface area is 114 Å². The molecule has 0 saturated carbocycles. The zero-order valence-electron chi connectivity index (χ0n) is 10.1. The molecule has 0 saturated heterocycles. The van der Waals surface area contributed by atoms with E-state index in [1.54, 1.807) is 12.1 Å². The molecule has 0 aliphatic carbocycles. The topological polar surface area (TPSA) is 67.8 Å². The predicted octanol–water partition coefficient (Wildman–Crippen LogP) is 1.54. The van der Waals surface area contributed by atoms with E-state index in [0.717, 1.165) is 5.33 Å². The number of ether oxygens (including phenoxy) is 2. The van der Waals surface area contributed by atoms with Crippen molar-refractivity contribution in [3.05, 3.63) is 23.8 Å². The van der Waals surface area contributed by atoms with E-state index in [9.17, 15) is 9.90 Å². The van der Waals surface area contributed by atoms with E-state index >= 15 is 0 Å². The van der Waals surface area contributed by atoms with Gasteiger partial charge in [-0.1, -0.05) is 15.9 Å². The first kappa shape index (κ1) is 14.8. The lowest BCUT2D eigenvalue weighted by Gasteiger charge is -2.07. The molecular weight excluding hydrogens is 302 g/mol. The number of nitrogens with one attached hydrogen (secondary N) is 1. The van der Waals surface area contributed by atoms with E-state index in [-0.39, 0.29) is 11.7 Å². The minimum absolute atomic E-state index is 0.0549. The van der Waals surface area contributed by atoms with Crippen LogP contribution in [0.4, 0.5) is 0 Å². The Morgan fingerprint density at radius 2 is 2.22 bits per heavy atom. The van der Waals surface area contributed by atoms with Gasteiger partial charge in [-0.25, -0.2) is 0 Å². The van der Waals surface area contributed by atoms with Crippen LogP contribution in [0.3, 0.4) is 0 Å². The molecule has 0 heterocycles. The van der Waals surface area contributed by atoms with Crippen molar-refractivity contribution in [2.24, 2.45) is 0 Å². The van der Waals surface area contributed by atoms with Gasteiger partial charge in [0.1, 0.15) is 0 Å². The smallest absolute Gasteiger partial charge is 0.251 e. The third kappa shape index (κ3) is 4.54. The lowest BCUT2D eigenvalue weighted by molar-refractivity contribution is 0.0923. The molecule has 0 unspecified atom stereocenters. The molecule has 0 fully saturated rings. The standard InChI is InChI=1S/C12H16BrNO4/c1-17-11-3-2-9(8-10(11)15)12(16)14-5-7-18-6-4-13/h2-3,8,15H,4-7H2,1H3,(H,14,16). The maximum absolute atomic E-state index is 11.7. The molecule has 0 bridgehead atoms. The summed E-state index contributed by atoms with van der Waals surface area (Å²) in [6.45, 7) is 1.50. The zero-order chi connectivity index (χ0) is 13.4. The Morgan fingerprint density at radius 3 is 2.83 bits per heavy atom. The number of rotatable bonds is 7. The van der Waals surface area contributed by atoms with Gasteiger partial charge in [0.05, 0.1) is 20.3 Å². The molecular formula is C12H16BrNO4. The Hall–Kier alpha value is -1.27. The summed E-state index contributed by atoms with van der Waals surface area (Å²) >= 11 is 3.24. The highest BCUT2D eigenvalue weighted by atomic mass is 79.9. The summed E-state index contributed by atoms with van der Waals surface area (Å²) in [5, 5.41) is 13.0. The van der Waals surface area contributed by atoms with Crippen molar-refractivity contribution in [3.8, 4) is 11.5 Å².